The van der Waals surface area contributed by atoms with Gasteiger partial charge < -0.3 is 10.2 Å². The Labute approximate surface area is 116 Å². The van der Waals surface area contributed by atoms with Gasteiger partial charge in [0.05, 0.1) is 0 Å². The first kappa shape index (κ1) is 14.1. The van der Waals surface area contributed by atoms with Crippen molar-refractivity contribution in [3.05, 3.63) is 29.8 Å². The predicted octanol–water partition coefficient (Wildman–Crippen LogP) is 2.78. The van der Waals surface area contributed by atoms with Gasteiger partial charge in [-0.15, -0.1) is 0 Å². The molecule has 1 aromatic rings. The van der Waals surface area contributed by atoms with Crippen molar-refractivity contribution in [2.45, 2.75) is 27.2 Å². The van der Waals surface area contributed by atoms with Gasteiger partial charge in [-0.05, 0) is 36.0 Å². The SMILES string of the molecule is CC(=O)Nc1cccc(CCN2C[C@@H](C)[C@H](C)C2)c1. The number of carbonyl (C=O) groups excluding carboxylic acids is 1. The molecule has 0 aromatic heterocycles. The first-order chi connectivity index (χ1) is 9.04. The summed E-state index contributed by atoms with van der Waals surface area (Å²) in [6, 6.07) is 8.15. The highest BCUT2D eigenvalue weighted by Gasteiger charge is 2.25. The van der Waals surface area contributed by atoms with E-state index in [1.54, 1.807) is 6.92 Å². The number of rotatable bonds is 4. The Hall–Kier alpha value is -1.35. The van der Waals surface area contributed by atoms with Gasteiger partial charge in [0, 0.05) is 32.2 Å². The second-order valence-corrected chi connectivity index (χ2v) is 5.85. The Kier molecular flexibility index (Phi) is 4.59. The number of amides is 1. The highest BCUT2D eigenvalue weighted by molar-refractivity contribution is 5.88. The Balaban J connectivity index is 1.87. The van der Waals surface area contributed by atoms with Crippen molar-refractivity contribution < 1.29 is 4.79 Å². The van der Waals surface area contributed by atoms with Gasteiger partial charge >= 0.3 is 0 Å². The maximum atomic E-state index is 11.0. The minimum Gasteiger partial charge on any atom is -0.326 e. The molecule has 0 bridgehead atoms. The van der Waals surface area contributed by atoms with Crippen molar-refractivity contribution in [3.8, 4) is 0 Å². The molecule has 3 heteroatoms. The fraction of sp³-hybridized carbons (Fsp3) is 0.562. The molecule has 1 aromatic carbocycles. The summed E-state index contributed by atoms with van der Waals surface area (Å²) in [5.74, 6) is 1.61. The number of carbonyl (C=O) groups is 1. The molecule has 0 spiro atoms. The van der Waals surface area contributed by atoms with E-state index in [1.807, 2.05) is 12.1 Å². The quantitative estimate of drug-likeness (QED) is 0.903. The van der Waals surface area contributed by atoms with Crippen LogP contribution < -0.4 is 5.32 Å². The highest BCUT2D eigenvalue weighted by atomic mass is 16.1. The number of nitrogens with one attached hydrogen (secondary N) is 1. The van der Waals surface area contributed by atoms with Gasteiger partial charge in [0.1, 0.15) is 0 Å². The number of benzene rings is 1. The molecule has 1 saturated heterocycles. The fourth-order valence-corrected chi connectivity index (χ4v) is 2.73. The minimum atomic E-state index is -0.0145. The molecule has 1 aliphatic rings. The first-order valence-electron chi connectivity index (χ1n) is 7.13. The van der Waals surface area contributed by atoms with Crippen LogP contribution in [0.3, 0.4) is 0 Å². The fourth-order valence-electron chi connectivity index (χ4n) is 2.73. The Morgan fingerprint density at radius 3 is 2.63 bits per heavy atom. The van der Waals surface area contributed by atoms with E-state index < -0.39 is 0 Å². The smallest absolute Gasteiger partial charge is 0.221 e. The lowest BCUT2D eigenvalue weighted by Gasteiger charge is -2.15. The number of likely N-dealkylation sites (tertiary alicyclic amines) is 1. The number of hydrogen-bond acceptors (Lipinski definition) is 2. The van der Waals surface area contributed by atoms with Crippen LogP contribution in [-0.2, 0) is 11.2 Å². The first-order valence-corrected chi connectivity index (χ1v) is 7.13. The van der Waals surface area contributed by atoms with Crippen LogP contribution in [0, 0.1) is 11.8 Å². The van der Waals surface area contributed by atoms with Gasteiger partial charge in [0.15, 0.2) is 0 Å². The van der Waals surface area contributed by atoms with Crippen LogP contribution in [0.5, 0.6) is 0 Å². The zero-order valence-electron chi connectivity index (χ0n) is 12.1. The molecule has 2 rings (SSSR count). The van der Waals surface area contributed by atoms with Crippen LogP contribution in [-0.4, -0.2) is 30.4 Å². The van der Waals surface area contributed by atoms with E-state index >= 15 is 0 Å². The average molecular weight is 260 g/mol. The third kappa shape index (κ3) is 4.06. The standard InChI is InChI=1S/C16H24N2O/c1-12-10-18(11-13(12)2)8-7-15-5-4-6-16(9-15)17-14(3)19/h4-6,9,12-13H,7-8,10-11H2,1-3H3,(H,17,19)/t12-,13-/m1/s1. The zero-order valence-corrected chi connectivity index (χ0v) is 12.1. The highest BCUT2D eigenvalue weighted by Crippen LogP contribution is 2.22. The molecule has 104 valence electrons. The van der Waals surface area contributed by atoms with Crippen molar-refractivity contribution in [1.29, 1.82) is 0 Å². The van der Waals surface area contributed by atoms with E-state index in [2.05, 4.69) is 36.2 Å². The van der Waals surface area contributed by atoms with Gasteiger partial charge in [-0.25, -0.2) is 0 Å². The molecule has 1 amide bonds. The molecule has 3 nitrogen and oxygen atoms in total. The predicted molar refractivity (Wildman–Crippen MR) is 79.2 cm³/mol. The van der Waals surface area contributed by atoms with Crippen LogP contribution in [0.1, 0.15) is 26.3 Å². The van der Waals surface area contributed by atoms with Gasteiger partial charge in [0.25, 0.3) is 0 Å². The maximum absolute atomic E-state index is 11.0. The van der Waals surface area contributed by atoms with E-state index in [1.165, 1.54) is 18.7 Å². The van der Waals surface area contributed by atoms with Gasteiger partial charge in [-0.1, -0.05) is 26.0 Å². The summed E-state index contributed by atoms with van der Waals surface area (Å²) in [5, 5.41) is 2.83. The van der Waals surface area contributed by atoms with Crippen LogP contribution >= 0.6 is 0 Å². The molecule has 2 atom stereocenters. The van der Waals surface area contributed by atoms with Crippen molar-refractivity contribution >= 4 is 11.6 Å². The van der Waals surface area contributed by atoms with E-state index in [-0.39, 0.29) is 5.91 Å². The van der Waals surface area contributed by atoms with E-state index in [9.17, 15) is 4.79 Å². The molecule has 0 aliphatic carbocycles. The second-order valence-electron chi connectivity index (χ2n) is 5.85. The molecule has 1 N–H and O–H groups in total. The molecular formula is C16H24N2O. The lowest BCUT2D eigenvalue weighted by molar-refractivity contribution is -0.114. The van der Waals surface area contributed by atoms with Crippen molar-refractivity contribution in [2.75, 3.05) is 25.0 Å². The summed E-state index contributed by atoms with van der Waals surface area (Å²) in [6.07, 6.45) is 1.05. The van der Waals surface area contributed by atoms with Gasteiger partial charge in [0.2, 0.25) is 5.91 Å². The van der Waals surface area contributed by atoms with Crippen LogP contribution in [0.4, 0.5) is 5.69 Å². The van der Waals surface area contributed by atoms with Crippen LogP contribution in [0.15, 0.2) is 24.3 Å². The van der Waals surface area contributed by atoms with Crippen LogP contribution in [0.2, 0.25) is 0 Å². The summed E-state index contributed by atoms with van der Waals surface area (Å²) >= 11 is 0. The third-order valence-corrected chi connectivity index (χ3v) is 4.03. The normalized spacial score (nSPS) is 23.5. The molecule has 19 heavy (non-hydrogen) atoms. The van der Waals surface area contributed by atoms with Crippen LogP contribution in [0.25, 0.3) is 0 Å². The molecule has 0 unspecified atom stereocenters. The summed E-state index contributed by atoms with van der Waals surface area (Å²) < 4.78 is 0. The van der Waals surface area contributed by atoms with E-state index in [0.717, 1.165) is 30.5 Å². The summed E-state index contributed by atoms with van der Waals surface area (Å²) in [4.78, 5) is 13.6. The molecule has 0 radical (unpaired) electrons. The summed E-state index contributed by atoms with van der Waals surface area (Å²) in [5.41, 5.74) is 2.19. The molecule has 1 heterocycles. The van der Waals surface area contributed by atoms with Gasteiger partial charge in [-0.3, -0.25) is 4.79 Å². The minimum absolute atomic E-state index is 0.0145. The number of anilines is 1. The number of nitrogens with zero attached hydrogens (tertiary/aromatic N) is 1. The maximum Gasteiger partial charge on any atom is 0.221 e. The lowest BCUT2D eigenvalue weighted by Crippen LogP contribution is -2.23. The van der Waals surface area contributed by atoms with Crippen molar-refractivity contribution in [2.24, 2.45) is 11.8 Å². The van der Waals surface area contributed by atoms with Crippen molar-refractivity contribution in [1.82, 2.24) is 4.90 Å². The lowest BCUT2D eigenvalue weighted by atomic mass is 10.0. The monoisotopic (exact) mass is 260 g/mol. The Morgan fingerprint density at radius 1 is 1.32 bits per heavy atom. The Bertz CT molecular complexity index is 434. The summed E-state index contributed by atoms with van der Waals surface area (Å²) in [7, 11) is 0. The average Bonchev–Trinajstić information content (AvgIpc) is 2.66. The molecule has 1 fully saturated rings. The number of hydrogen-bond donors (Lipinski definition) is 1. The topological polar surface area (TPSA) is 32.3 Å². The second kappa shape index (κ2) is 6.20. The Morgan fingerprint density at radius 2 is 2.00 bits per heavy atom. The zero-order chi connectivity index (χ0) is 13.8. The van der Waals surface area contributed by atoms with E-state index in [0.29, 0.717) is 0 Å². The van der Waals surface area contributed by atoms with Gasteiger partial charge in [-0.2, -0.15) is 0 Å². The molecule has 0 saturated carbocycles. The largest absolute Gasteiger partial charge is 0.326 e. The molecular weight excluding hydrogens is 236 g/mol. The third-order valence-electron chi connectivity index (χ3n) is 4.03. The van der Waals surface area contributed by atoms with E-state index in [4.69, 9.17) is 0 Å². The van der Waals surface area contributed by atoms with Crippen molar-refractivity contribution in [3.63, 3.8) is 0 Å². The summed E-state index contributed by atoms with van der Waals surface area (Å²) in [6.45, 7) is 9.75. The molecule has 1 aliphatic heterocycles.